The number of hydrogen-bond donors (Lipinski definition) is 2. The molecule has 4 nitrogen and oxygen atoms in total. The Bertz CT molecular complexity index is 1000. The minimum absolute atomic E-state index is 0.229. The molecule has 0 fully saturated rings. The van der Waals surface area contributed by atoms with Gasteiger partial charge in [-0.2, -0.15) is 0 Å². The number of ether oxygens (including phenoxy) is 1. The standard InChI is InChI=1S/C24H23BrN2O2/c1-16-9-11-19(12-10-16)26-24(28)27-22-15-18(25)14-21-20(8-5-13-29-23(21)22)17-6-3-2-4-7-17/h2-4,6-7,9-12,14-15,20H,5,8,13H2,1H3,(H2,26,27,28)/t20-/m1/s1. The predicted molar refractivity (Wildman–Crippen MR) is 121 cm³/mol. The molecule has 29 heavy (non-hydrogen) atoms. The Morgan fingerprint density at radius 1 is 1.03 bits per heavy atom. The lowest BCUT2D eigenvalue weighted by Gasteiger charge is -2.20. The van der Waals surface area contributed by atoms with E-state index in [1.807, 2.05) is 43.3 Å². The molecule has 1 atom stereocenters. The Labute approximate surface area is 179 Å². The molecule has 0 saturated heterocycles. The molecule has 2 N–H and O–H groups in total. The van der Waals surface area contributed by atoms with Gasteiger partial charge < -0.3 is 15.4 Å². The normalized spacial score (nSPS) is 15.6. The van der Waals surface area contributed by atoms with Crippen molar-refractivity contribution in [2.45, 2.75) is 25.7 Å². The van der Waals surface area contributed by atoms with Crippen molar-refractivity contribution in [3.8, 4) is 5.75 Å². The molecule has 4 rings (SSSR count). The fraction of sp³-hybridized carbons (Fsp3) is 0.208. The van der Waals surface area contributed by atoms with Crippen LogP contribution in [0.25, 0.3) is 0 Å². The number of fused-ring (bicyclic) bond motifs is 1. The second-order valence-electron chi connectivity index (χ2n) is 7.27. The first-order valence-electron chi connectivity index (χ1n) is 9.76. The van der Waals surface area contributed by atoms with E-state index in [1.54, 1.807) is 0 Å². The highest BCUT2D eigenvalue weighted by molar-refractivity contribution is 9.10. The van der Waals surface area contributed by atoms with E-state index in [0.29, 0.717) is 12.3 Å². The van der Waals surface area contributed by atoms with Gasteiger partial charge in [-0.1, -0.05) is 64.0 Å². The average molecular weight is 451 g/mol. The van der Waals surface area contributed by atoms with Crippen molar-refractivity contribution in [2.24, 2.45) is 0 Å². The molecule has 0 radical (unpaired) electrons. The summed E-state index contributed by atoms with van der Waals surface area (Å²) in [6.45, 7) is 2.65. The van der Waals surface area contributed by atoms with E-state index < -0.39 is 0 Å². The Kier molecular flexibility index (Phi) is 5.86. The summed E-state index contributed by atoms with van der Waals surface area (Å²) in [5, 5.41) is 5.85. The van der Waals surface area contributed by atoms with Gasteiger partial charge in [0.15, 0.2) is 0 Å². The highest BCUT2D eigenvalue weighted by Gasteiger charge is 2.25. The number of amides is 2. The van der Waals surface area contributed by atoms with Crippen LogP contribution in [-0.4, -0.2) is 12.6 Å². The molecule has 0 bridgehead atoms. The molecule has 3 aromatic carbocycles. The summed E-state index contributed by atoms with van der Waals surface area (Å²) >= 11 is 3.60. The monoisotopic (exact) mass is 450 g/mol. The Balaban J connectivity index is 1.63. The summed E-state index contributed by atoms with van der Waals surface area (Å²) in [5.41, 5.74) is 4.91. The van der Waals surface area contributed by atoms with E-state index >= 15 is 0 Å². The van der Waals surface area contributed by atoms with Crippen molar-refractivity contribution >= 4 is 33.3 Å². The maximum Gasteiger partial charge on any atom is 0.323 e. The third-order valence-electron chi connectivity index (χ3n) is 5.10. The number of halogens is 1. The summed E-state index contributed by atoms with van der Waals surface area (Å²) in [7, 11) is 0. The van der Waals surface area contributed by atoms with Crippen LogP contribution in [0, 0.1) is 6.92 Å². The van der Waals surface area contributed by atoms with Gasteiger partial charge in [0.25, 0.3) is 0 Å². The molecule has 5 heteroatoms. The number of anilines is 2. The molecule has 0 saturated carbocycles. The highest BCUT2D eigenvalue weighted by atomic mass is 79.9. The van der Waals surface area contributed by atoms with Crippen molar-refractivity contribution in [1.82, 2.24) is 0 Å². The third-order valence-corrected chi connectivity index (χ3v) is 5.56. The lowest BCUT2D eigenvalue weighted by atomic mass is 9.87. The van der Waals surface area contributed by atoms with Crippen molar-refractivity contribution in [3.63, 3.8) is 0 Å². The number of carbonyl (C=O) groups is 1. The van der Waals surface area contributed by atoms with Gasteiger partial charge in [0.2, 0.25) is 0 Å². The number of benzene rings is 3. The van der Waals surface area contributed by atoms with Crippen LogP contribution in [0.2, 0.25) is 0 Å². The molecule has 1 aliphatic heterocycles. The van der Waals surface area contributed by atoms with E-state index in [1.165, 1.54) is 5.56 Å². The molecule has 1 heterocycles. The van der Waals surface area contributed by atoms with E-state index in [4.69, 9.17) is 4.74 Å². The van der Waals surface area contributed by atoms with Crippen LogP contribution in [0.15, 0.2) is 71.2 Å². The fourth-order valence-electron chi connectivity index (χ4n) is 3.70. The largest absolute Gasteiger partial charge is 0.491 e. The molecule has 0 aliphatic carbocycles. The smallest absolute Gasteiger partial charge is 0.323 e. The van der Waals surface area contributed by atoms with Gasteiger partial charge >= 0.3 is 6.03 Å². The summed E-state index contributed by atoms with van der Waals surface area (Å²) in [5.74, 6) is 0.977. The zero-order chi connectivity index (χ0) is 20.2. The van der Waals surface area contributed by atoms with Gasteiger partial charge in [0.1, 0.15) is 5.75 Å². The molecule has 3 aromatic rings. The summed E-state index contributed by atoms with van der Waals surface area (Å²) < 4.78 is 7.00. The van der Waals surface area contributed by atoms with E-state index in [9.17, 15) is 4.79 Å². The number of aryl methyl sites for hydroxylation is 1. The van der Waals surface area contributed by atoms with Gasteiger partial charge in [-0.15, -0.1) is 0 Å². The molecular formula is C24H23BrN2O2. The maximum absolute atomic E-state index is 12.6. The minimum atomic E-state index is -0.293. The zero-order valence-corrected chi connectivity index (χ0v) is 17.8. The highest BCUT2D eigenvalue weighted by Crippen LogP contribution is 2.43. The first-order valence-corrected chi connectivity index (χ1v) is 10.6. The molecule has 1 aliphatic rings. The molecule has 0 spiro atoms. The van der Waals surface area contributed by atoms with Crippen LogP contribution < -0.4 is 15.4 Å². The second kappa shape index (κ2) is 8.70. The summed E-state index contributed by atoms with van der Waals surface area (Å²) in [6, 6.07) is 21.9. The van der Waals surface area contributed by atoms with E-state index in [2.05, 4.69) is 56.9 Å². The fourth-order valence-corrected chi connectivity index (χ4v) is 4.17. The van der Waals surface area contributed by atoms with Gasteiger partial charge in [0.05, 0.1) is 12.3 Å². The minimum Gasteiger partial charge on any atom is -0.491 e. The average Bonchev–Trinajstić information content (AvgIpc) is 2.93. The van der Waals surface area contributed by atoms with Gasteiger partial charge in [-0.3, -0.25) is 0 Å². The van der Waals surface area contributed by atoms with Crippen molar-refractivity contribution in [1.29, 1.82) is 0 Å². The maximum atomic E-state index is 12.6. The van der Waals surface area contributed by atoms with Crippen molar-refractivity contribution in [3.05, 3.63) is 87.9 Å². The Morgan fingerprint density at radius 2 is 1.79 bits per heavy atom. The number of hydrogen-bond acceptors (Lipinski definition) is 2. The number of carbonyl (C=O) groups excluding carboxylic acids is 1. The lowest BCUT2D eigenvalue weighted by molar-refractivity contribution is 0.262. The first kappa shape index (κ1) is 19.5. The topological polar surface area (TPSA) is 50.4 Å². The molecule has 0 unspecified atom stereocenters. The van der Waals surface area contributed by atoms with Gasteiger partial charge in [-0.05, 0) is 49.6 Å². The van der Waals surface area contributed by atoms with Crippen LogP contribution in [0.3, 0.4) is 0 Å². The van der Waals surface area contributed by atoms with Crippen molar-refractivity contribution in [2.75, 3.05) is 17.2 Å². The number of rotatable bonds is 3. The first-order chi connectivity index (χ1) is 14.1. The molecule has 148 valence electrons. The van der Waals surface area contributed by atoms with Crippen LogP contribution >= 0.6 is 15.9 Å². The summed E-state index contributed by atoms with van der Waals surface area (Å²) in [4.78, 5) is 12.6. The Hall–Kier alpha value is -2.79. The molecular weight excluding hydrogens is 428 g/mol. The predicted octanol–water partition coefficient (Wildman–Crippen LogP) is 6.71. The third kappa shape index (κ3) is 4.62. The SMILES string of the molecule is Cc1ccc(NC(=O)Nc2cc(Br)cc3c2OCCC[C@@H]3c2ccccc2)cc1. The van der Waals surface area contributed by atoms with Crippen LogP contribution in [-0.2, 0) is 0 Å². The second-order valence-corrected chi connectivity index (χ2v) is 8.19. The number of nitrogens with one attached hydrogen (secondary N) is 2. The van der Waals surface area contributed by atoms with Gasteiger partial charge in [-0.25, -0.2) is 4.79 Å². The van der Waals surface area contributed by atoms with Crippen molar-refractivity contribution < 1.29 is 9.53 Å². The van der Waals surface area contributed by atoms with Gasteiger partial charge in [0, 0.05) is 21.6 Å². The van der Waals surface area contributed by atoms with E-state index in [0.717, 1.165) is 39.9 Å². The molecule has 0 aromatic heterocycles. The summed E-state index contributed by atoms with van der Waals surface area (Å²) in [6.07, 6.45) is 1.96. The zero-order valence-electron chi connectivity index (χ0n) is 16.2. The lowest BCUT2D eigenvalue weighted by Crippen LogP contribution is -2.20. The van der Waals surface area contributed by atoms with Crippen LogP contribution in [0.4, 0.5) is 16.2 Å². The van der Waals surface area contributed by atoms with E-state index in [-0.39, 0.29) is 11.9 Å². The number of urea groups is 1. The quantitative estimate of drug-likeness (QED) is 0.465. The van der Waals surface area contributed by atoms with Crippen LogP contribution in [0.5, 0.6) is 5.75 Å². The molecule has 2 amide bonds. The van der Waals surface area contributed by atoms with Crippen LogP contribution in [0.1, 0.15) is 35.4 Å². The Morgan fingerprint density at radius 3 is 2.55 bits per heavy atom.